The Labute approximate surface area is 138 Å². The number of ether oxygens (including phenoxy) is 1. The van der Waals surface area contributed by atoms with E-state index in [1.807, 2.05) is 4.90 Å². The highest BCUT2D eigenvalue weighted by atomic mass is 16.5. The summed E-state index contributed by atoms with van der Waals surface area (Å²) in [7, 11) is 0. The lowest BCUT2D eigenvalue weighted by Gasteiger charge is -2.45. The van der Waals surface area contributed by atoms with E-state index in [1.165, 1.54) is 6.08 Å². The van der Waals surface area contributed by atoms with Gasteiger partial charge in [0.1, 0.15) is 0 Å². The van der Waals surface area contributed by atoms with Crippen molar-refractivity contribution in [1.29, 1.82) is 0 Å². The molecule has 3 heterocycles. The van der Waals surface area contributed by atoms with E-state index in [-0.39, 0.29) is 17.9 Å². The van der Waals surface area contributed by atoms with Gasteiger partial charge < -0.3 is 14.5 Å². The maximum absolute atomic E-state index is 12.9. The lowest BCUT2D eigenvalue weighted by molar-refractivity contribution is -0.146. The van der Waals surface area contributed by atoms with E-state index in [0.29, 0.717) is 19.1 Å². The van der Waals surface area contributed by atoms with E-state index in [4.69, 9.17) is 4.74 Å². The largest absolute Gasteiger partial charge is 0.381 e. The molecule has 0 spiro atoms. The molecule has 128 valence electrons. The maximum Gasteiger partial charge on any atom is 0.246 e. The topological polar surface area (TPSA) is 53.1 Å². The van der Waals surface area contributed by atoms with Crippen LogP contribution in [0.1, 0.15) is 25.7 Å². The number of hydrogen-bond donors (Lipinski definition) is 0. The highest BCUT2D eigenvalue weighted by Gasteiger charge is 2.38. The summed E-state index contributed by atoms with van der Waals surface area (Å²) < 4.78 is 5.42. The number of hydrogen-bond acceptors (Lipinski definition) is 4. The molecule has 23 heavy (non-hydrogen) atoms. The summed E-state index contributed by atoms with van der Waals surface area (Å²) in [5, 5.41) is 0. The van der Waals surface area contributed by atoms with Gasteiger partial charge in [-0.15, -0.1) is 0 Å². The van der Waals surface area contributed by atoms with Gasteiger partial charge in [-0.25, -0.2) is 0 Å². The van der Waals surface area contributed by atoms with Crippen molar-refractivity contribution >= 4 is 11.8 Å². The van der Waals surface area contributed by atoms with Gasteiger partial charge in [0.05, 0.1) is 6.04 Å². The fourth-order valence-electron chi connectivity index (χ4n) is 3.96. The molecular formula is C17H27N3O3. The predicted octanol–water partition coefficient (Wildman–Crippen LogP) is 0.487. The van der Waals surface area contributed by atoms with Gasteiger partial charge >= 0.3 is 0 Å². The van der Waals surface area contributed by atoms with Gasteiger partial charge in [0.15, 0.2) is 0 Å². The van der Waals surface area contributed by atoms with E-state index in [2.05, 4.69) is 16.4 Å². The number of carbonyl (C=O) groups excluding carboxylic acids is 2. The van der Waals surface area contributed by atoms with Gasteiger partial charge in [-0.3, -0.25) is 14.5 Å². The van der Waals surface area contributed by atoms with E-state index < -0.39 is 0 Å². The summed E-state index contributed by atoms with van der Waals surface area (Å²) in [6, 6.07) is 0.343. The molecule has 0 aliphatic carbocycles. The third kappa shape index (κ3) is 3.58. The number of piperidine rings is 1. The van der Waals surface area contributed by atoms with Crippen molar-refractivity contribution in [1.82, 2.24) is 14.7 Å². The van der Waals surface area contributed by atoms with Gasteiger partial charge in [-0.1, -0.05) is 6.58 Å². The summed E-state index contributed by atoms with van der Waals surface area (Å²) >= 11 is 0. The molecule has 3 aliphatic rings. The van der Waals surface area contributed by atoms with E-state index in [0.717, 1.165) is 58.5 Å². The highest BCUT2D eigenvalue weighted by molar-refractivity contribution is 5.87. The fraction of sp³-hybridized carbons (Fsp3) is 0.765. The molecule has 0 radical (unpaired) electrons. The molecule has 3 rings (SSSR count). The number of likely N-dealkylation sites (tertiary alicyclic amines) is 1. The Morgan fingerprint density at radius 2 is 1.78 bits per heavy atom. The predicted molar refractivity (Wildman–Crippen MR) is 86.9 cm³/mol. The quantitative estimate of drug-likeness (QED) is 0.710. The molecule has 1 atom stereocenters. The second kappa shape index (κ2) is 7.45. The molecule has 0 N–H and O–H groups in total. The maximum atomic E-state index is 12.9. The molecule has 0 aromatic rings. The van der Waals surface area contributed by atoms with Crippen LogP contribution in [0.5, 0.6) is 0 Å². The van der Waals surface area contributed by atoms with Crippen molar-refractivity contribution in [3.05, 3.63) is 12.7 Å². The van der Waals surface area contributed by atoms with Crippen LogP contribution in [0.4, 0.5) is 0 Å². The average molecular weight is 321 g/mol. The van der Waals surface area contributed by atoms with Crippen LogP contribution in [-0.4, -0.2) is 84.5 Å². The number of piperazine rings is 1. The minimum atomic E-state index is -0.0107. The zero-order chi connectivity index (χ0) is 16.2. The van der Waals surface area contributed by atoms with Crippen molar-refractivity contribution in [2.45, 2.75) is 37.8 Å². The van der Waals surface area contributed by atoms with Crippen molar-refractivity contribution in [3.8, 4) is 0 Å². The Bertz CT molecular complexity index is 454. The molecule has 3 saturated heterocycles. The standard InChI is InChI=1S/C17H27N3O3/c1-2-16(21)19-10-8-18(9-11-19)15-4-3-7-20(17(15)22)14-5-12-23-13-6-14/h2,14-15H,1,3-13H2. The van der Waals surface area contributed by atoms with E-state index in [9.17, 15) is 9.59 Å². The van der Waals surface area contributed by atoms with E-state index >= 15 is 0 Å². The summed E-state index contributed by atoms with van der Waals surface area (Å²) in [5.74, 6) is 0.273. The molecule has 0 bridgehead atoms. The molecule has 2 amide bonds. The van der Waals surface area contributed by atoms with Crippen LogP contribution < -0.4 is 0 Å². The Hall–Kier alpha value is -1.40. The van der Waals surface area contributed by atoms with E-state index in [1.54, 1.807) is 0 Å². The highest BCUT2D eigenvalue weighted by Crippen LogP contribution is 2.24. The van der Waals surface area contributed by atoms with Crippen molar-refractivity contribution in [3.63, 3.8) is 0 Å². The second-order valence-electron chi connectivity index (χ2n) is 6.60. The number of amides is 2. The van der Waals surface area contributed by atoms with Gasteiger partial charge in [-0.2, -0.15) is 0 Å². The molecule has 6 heteroatoms. The molecule has 0 aromatic heterocycles. The normalized spacial score (nSPS) is 28.0. The lowest BCUT2D eigenvalue weighted by Crippen LogP contribution is -2.60. The Kier molecular flexibility index (Phi) is 5.33. The summed E-state index contributed by atoms with van der Waals surface area (Å²) in [4.78, 5) is 30.8. The zero-order valence-electron chi connectivity index (χ0n) is 13.8. The molecule has 1 unspecified atom stereocenters. The van der Waals surface area contributed by atoms with Gasteiger partial charge in [-0.05, 0) is 31.8 Å². The van der Waals surface area contributed by atoms with Gasteiger partial charge in [0.25, 0.3) is 0 Å². The SMILES string of the molecule is C=CC(=O)N1CCN(C2CCCN(C3CCOCC3)C2=O)CC1. The molecule has 3 fully saturated rings. The molecule has 6 nitrogen and oxygen atoms in total. The zero-order valence-corrected chi connectivity index (χ0v) is 13.8. The Balaban J connectivity index is 1.58. The molecule has 3 aliphatic heterocycles. The number of nitrogens with zero attached hydrogens (tertiary/aromatic N) is 3. The van der Waals surface area contributed by atoms with Crippen LogP contribution in [-0.2, 0) is 14.3 Å². The van der Waals surface area contributed by atoms with Crippen LogP contribution in [0.15, 0.2) is 12.7 Å². The third-order valence-electron chi connectivity index (χ3n) is 5.32. The minimum Gasteiger partial charge on any atom is -0.381 e. The minimum absolute atomic E-state index is 0.00687. The van der Waals surface area contributed by atoms with Crippen LogP contribution in [0.3, 0.4) is 0 Å². The van der Waals surface area contributed by atoms with Crippen molar-refractivity contribution < 1.29 is 14.3 Å². The summed E-state index contributed by atoms with van der Waals surface area (Å²) in [5.41, 5.74) is 0. The lowest BCUT2D eigenvalue weighted by atomic mass is 9.97. The molecular weight excluding hydrogens is 294 g/mol. The van der Waals surface area contributed by atoms with Crippen LogP contribution in [0.25, 0.3) is 0 Å². The first-order chi connectivity index (χ1) is 11.2. The van der Waals surface area contributed by atoms with Crippen molar-refractivity contribution in [2.75, 3.05) is 45.9 Å². The average Bonchev–Trinajstić information content (AvgIpc) is 2.62. The van der Waals surface area contributed by atoms with Crippen LogP contribution in [0.2, 0.25) is 0 Å². The van der Waals surface area contributed by atoms with Gasteiger partial charge in [0.2, 0.25) is 11.8 Å². The number of rotatable bonds is 3. The Morgan fingerprint density at radius 3 is 2.43 bits per heavy atom. The third-order valence-corrected chi connectivity index (χ3v) is 5.32. The first kappa shape index (κ1) is 16.5. The first-order valence-corrected chi connectivity index (χ1v) is 8.74. The van der Waals surface area contributed by atoms with Crippen LogP contribution >= 0.6 is 0 Å². The van der Waals surface area contributed by atoms with Crippen molar-refractivity contribution in [2.24, 2.45) is 0 Å². The summed E-state index contributed by atoms with van der Waals surface area (Å²) in [6.07, 6.45) is 5.29. The van der Waals surface area contributed by atoms with Gasteiger partial charge in [0, 0.05) is 52.0 Å². The number of carbonyl (C=O) groups is 2. The summed E-state index contributed by atoms with van der Waals surface area (Å²) in [6.45, 7) is 8.88. The second-order valence-corrected chi connectivity index (χ2v) is 6.60. The van der Waals surface area contributed by atoms with Crippen LogP contribution in [0, 0.1) is 0 Å². The molecule has 0 saturated carbocycles. The first-order valence-electron chi connectivity index (χ1n) is 8.74. The monoisotopic (exact) mass is 321 g/mol. The fourth-order valence-corrected chi connectivity index (χ4v) is 3.96. The Morgan fingerprint density at radius 1 is 1.09 bits per heavy atom. The molecule has 0 aromatic carbocycles. The smallest absolute Gasteiger partial charge is 0.246 e.